The van der Waals surface area contributed by atoms with E-state index in [1.807, 2.05) is 0 Å². The quantitative estimate of drug-likeness (QED) is 0.818. The molecule has 3 rings (SSSR count). The van der Waals surface area contributed by atoms with E-state index in [-0.39, 0.29) is 17.8 Å². The van der Waals surface area contributed by atoms with Gasteiger partial charge >= 0.3 is 0 Å². The van der Waals surface area contributed by atoms with Gasteiger partial charge in [-0.1, -0.05) is 19.3 Å². The fourth-order valence-electron chi connectivity index (χ4n) is 2.94. The number of tetrazole rings is 1. The molecule has 2 aliphatic carbocycles. The fourth-order valence-corrected chi connectivity index (χ4v) is 4.14. The average Bonchev–Trinajstić information content (AvgIpc) is 3.27. The molecule has 1 aromatic heterocycles. The Hall–Kier alpha value is -1.51. The van der Waals surface area contributed by atoms with Gasteiger partial charge in [0.1, 0.15) is 11.0 Å². The zero-order valence-electron chi connectivity index (χ0n) is 13.3. The molecule has 8 nitrogen and oxygen atoms in total. The molecule has 9 heteroatoms. The van der Waals surface area contributed by atoms with Crippen molar-refractivity contribution in [2.45, 2.75) is 75.0 Å². The number of sulfone groups is 1. The first-order chi connectivity index (χ1) is 11.0. The maximum atomic E-state index is 12.5. The van der Waals surface area contributed by atoms with E-state index < -0.39 is 21.0 Å². The average molecular weight is 341 g/mol. The summed E-state index contributed by atoms with van der Waals surface area (Å²) in [4.78, 5) is 12.3. The molecular weight excluding hydrogens is 318 g/mol. The number of carbonyl (C=O) groups is 1. The lowest BCUT2D eigenvalue weighted by molar-refractivity contribution is -0.121. The van der Waals surface area contributed by atoms with Crippen LogP contribution < -0.4 is 5.32 Å². The van der Waals surface area contributed by atoms with Crippen LogP contribution in [0.4, 0.5) is 0 Å². The molecule has 0 aliphatic heterocycles. The third-order valence-electron chi connectivity index (χ3n) is 4.64. The highest BCUT2D eigenvalue weighted by Crippen LogP contribution is 2.34. The van der Waals surface area contributed by atoms with E-state index in [0.29, 0.717) is 5.82 Å². The number of carbonyl (C=O) groups excluding carboxylic acids is 1. The topological polar surface area (TPSA) is 107 Å². The third-order valence-corrected chi connectivity index (χ3v) is 6.60. The second kappa shape index (κ2) is 6.54. The molecule has 2 fully saturated rings. The van der Waals surface area contributed by atoms with Crippen LogP contribution in [0, 0.1) is 0 Å². The molecule has 1 N–H and O–H groups in total. The smallest absolute Gasteiger partial charge is 0.238 e. The molecular formula is C14H23N5O3S. The van der Waals surface area contributed by atoms with Gasteiger partial charge in [0.25, 0.3) is 0 Å². The Balaban J connectivity index is 1.63. The van der Waals surface area contributed by atoms with Gasteiger partial charge in [0.2, 0.25) is 5.91 Å². The molecule has 0 radical (unpaired) electrons. The van der Waals surface area contributed by atoms with E-state index in [0.717, 1.165) is 38.5 Å². The van der Waals surface area contributed by atoms with Crippen LogP contribution in [0.2, 0.25) is 0 Å². The minimum atomic E-state index is -3.64. The predicted octanol–water partition coefficient (Wildman–Crippen LogP) is 0.760. The van der Waals surface area contributed by atoms with E-state index in [1.165, 1.54) is 13.3 Å². The summed E-state index contributed by atoms with van der Waals surface area (Å²) >= 11 is 0. The molecule has 2 saturated carbocycles. The summed E-state index contributed by atoms with van der Waals surface area (Å²) in [6.07, 6.45) is 7.15. The first-order valence-corrected chi connectivity index (χ1v) is 9.97. The van der Waals surface area contributed by atoms with Crippen molar-refractivity contribution in [3.63, 3.8) is 0 Å². The predicted molar refractivity (Wildman–Crippen MR) is 83.2 cm³/mol. The standard InChI is InChI=1S/C14H23N5O3S/c1-10(14(20)15-11-5-3-2-4-6-11)23(21,22)9-13-16-17-18-19(13)12-7-8-12/h10-12H,2-9H2,1H3,(H,15,20)/t10-/m1/s1. The molecule has 0 bridgehead atoms. The van der Waals surface area contributed by atoms with E-state index in [9.17, 15) is 13.2 Å². The first-order valence-electron chi connectivity index (χ1n) is 8.26. The summed E-state index contributed by atoms with van der Waals surface area (Å²) in [6.45, 7) is 1.44. The van der Waals surface area contributed by atoms with Crippen LogP contribution in [-0.4, -0.2) is 45.8 Å². The van der Waals surface area contributed by atoms with Crippen molar-refractivity contribution in [3.8, 4) is 0 Å². The Labute approximate surface area is 135 Å². The van der Waals surface area contributed by atoms with Crippen molar-refractivity contribution in [3.05, 3.63) is 5.82 Å². The summed E-state index contributed by atoms with van der Waals surface area (Å²) in [5, 5.41) is 13.0. The van der Waals surface area contributed by atoms with Crippen LogP contribution in [0.25, 0.3) is 0 Å². The van der Waals surface area contributed by atoms with Gasteiger partial charge in [-0.15, -0.1) is 5.10 Å². The minimum Gasteiger partial charge on any atom is -0.352 e. The van der Waals surface area contributed by atoms with E-state index in [2.05, 4.69) is 20.8 Å². The largest absolute Gasteiger partial charge is 0.352 e. The van der Waals surface area contributed by atoms with Crippen molar-refractivity contribution in [2.75, 3.05) is 0 Å². The lowest BCUT2D eigenvalue weighted by atomic mass is 9.95. The van der Waals surface area contributed by atoms with Crippen molar-refractivity contribution in [1.29, 1.82) is 0 Å². The highest BCUT2D eigenvalue weighted by Gasteiger charge is 2.34. The number of aromatic nitrogens is 4. The zero-order chi connectivity index (χ0) is 16.4. The number of nitrogens with zero attached hydrogens (tertiary/aromatic N) is 4. The van der Waals surface area contributed by atoms with E-state index in [4.69, 9.17) is 0 Å². The third kappa shape index (κ3) is 3.88. The molecule has 1 atom stereocenters. The Morgan fingerprint density at radius 1 is 1.26 bits per heavy atom. The van der Waals surface area contributed by atoms with Crippen LogP contribution >= 0.6 is 0 Å². The van der Waals surface area contributed by atoms with Crippen LogP contribution in [0.1, 0.15) is 63.7 Å². The second-order valence-electron chi connectivity index (χ2n) is 6.56. The Kier molecular flexibility index (Phi) is 4.65. The van der Waals surface area contributed by atoms with Crippen LogP contribution in [-0.2, 0) is 20.4 Å². The van der Waals surface area contributed by atoms with Crippen molar-refractivity contribution in [1.82, 2.24) is 25.5 Å². The Bertz CT molecular complexity index is 662. The van der Waals surface area contributed by atoms with Gasteiger partial charge in [-0.05, 0) is 43.0 Å². The summed E-state index contributed by atoms with van der Waals surface area (Å²) < 4.78 is 26.6. The molecule has 128 valence electrons. The van der Waals surface area contributed by atoms with Gasteiger partial charge in [-0.3, -0.25) is 4.79 Å². The van der Waals surface area contributed by atoms with Gasteiger partial charge in [0.15, 0.2) is 15.7 Å². The molecule has 1 aromatic rings. The van der Waals surface area contributed by atoms with E-state index >= 15 is 0 Å². The molecule has 0 aromatic carbocycles. The molecule has 0 saturated heterocycles. The maximum absolute atomic E-state index is 12.5. The summed E-state index contributed by atoms with van der Waals surface area (Å²) in [7, 11) is -3.64. The number of hydrogen-bond acceptors (Lipinski definition) is 6. The zero-order valence-corrected chi connectivity index (χ0v) is 14.1. The monoisotopic (exact) mass is 341 g/mol. The maximum Gasteiger partial charge on any atom is 0.238 e. The van der Waals surface area contributed by atoms with Crippen LogP contribution in [0.3, 0.4) is 0 Å². The fraction of sp³-hybridized carbons (Fsp3) is 0.857. The van der Waals surface area contributed by atoms with Crippen molar-refractivity contribution < 1.29 is 13.2 Å². The summed E-state index contributed by atoms with van der Waals surface area (Å²) in [5.74, 6) is -0.386. The Morgan fingerprint density at radius 3 is 2.61 bits per heavy atom. The molecule has 2 aliphatic rings. The molecule has 1 heterocycles. The molecule has 1 amide bonds. The lowest BCUT2D eigenvalue weighted by Crippen LogP contribution is -2.44. The summed E-state index contributed by atoms with van der Waals surface area (Å²) in [5.41, 5.74) is 0. The van der Waals surface area contributed by atoms with Gasteiger partial charge in [0, 0.05) is 6.04 Å². The van der Waals surface area contributed by atoms with E-state index in [1.54, 1.807) is 4.68 Å². The summed E-state index contributed by atoms with van der Waals surface area (Å²) in [6, 6.07) is 0.312. The molecule has 0 spiro atoms. The minimum absolute atomic E-state index is 0.102. The highest BCUT2D eigenvalue weighted by molar-refractivity contribution is 7.92. The number of hydrogen-bond donors (Lipinski definition) is 1. The van der Waals surface area contributed by atoms with Crippen LogP contribution in [0.5, 0.6) is 0 Å². The number of nitrogens with one attached hydrogen (secondary N) is 1. The second-order valence-corrected chi connectivity index (χ2v) is 8.89. The van der Waals surface area contributed by atoms with Crippen molar-refractivity contribution >= 4 is 15.7 Å². The number of amides is 1. The van der Waals surface area contributed by atoms with Gasteiger partial charge in [-0.25, -0.2) is 13.1 Å². The van der Waals surface area contributed by atoms with Gasteiger partial charge in [0.05, 0.1) is 6.04 Å². The SMILES string of the molecule is C[C@H](C(=O)NC1CCCCC1)S(=O)(=O)Cc1nnnn1C1CC1. The highest BCUT2D eigenvalue weighted by atomic mass is 32.2. The number of rotatable bonds is 6. The normalized spacial score (nSPS) is 21.1. The molecule has 0 unspecified atom stereocenters. The van der Waals surface area contributed by atoms with Gasteiger partial charge < -0.3 is 5.32 Å². The molecule has 23 heavy (non-hydrogen) atoms. The first kappa shape index (κ1) is 16.4. The van der Waals surface area contributed by atoms with Crippen molar-refractivity contribution in [2.24, 2.45) is 0 Å². The van der Waals surface area contributed by atoms with Crippen LogP contribution in [0.15, 0.2) is 0 Å². The lowest BCUT2D eigenvalue weighted by Gasteiger charge is -2.24. The Morgan fingerprint density at radius 2 is 1.96 bits per heavy atom. The van der Waals surface area contributed by atoms with Gasteiger partial charge in [-0.2, -0.15) is 0 Å².